The Balaban J connectivity index is 1.72. The monoisotopic (exact) mass is 412 g/mol. The van der Waals surface area contributed by atoms with E-state index in [2.05, 4.69) is 15.4 Å². The second-order valence-corrected chi connectivity index (χ2v) is 6.85. The Morgan fingerprint density at radius 1 is 1.04 bits per heavy atom. The quantitative estimate of drug-likeness (QED) is 0.667. The van der Waals surface area contributed by atoms with Gasteiger partial charge in [0.25, 0.3) is 0 Å². The van der Waals surface area contributed by atoms with Crippen LogP contribution in [0.15, 0.2) is 24.3 Å². The number of hydrogen-bond donors (Lipinski definition) is 2. The lowest BCUT2D eigenvalue weighted by Gasteiger charge is -2.31. The number of hydrogen-bond acceptors (Lipinski definition) is 2. The van der Waals surface area contributed by atoms with Crippen molar-refractivity contribution in [3.8, 4) is 0 Å². The number of rotatable bonds is 6. The molecule has 0 saturated heterocycles. The van der Waals surface area contributed by atoms with Gasteiger partial charge >= 0.3 is 18.4 Å². The van der Waals surface area contributed by atoms with Crippen LogP contribution >= 0.6 is 0 Å². The van der Waals surface area contributed by atoms with Gasteiger partial charge < -0.3 is 15.4 Å². The van der Waals surface area contributed by atoms with Crippen molar-refractivity contribution in [1.82, 2.24) is 10.6 Å². The Hall–Kier alpha value is -1.97. The molecule has 1 aromatic rings. The van der Waals surface area contributed by atoms with Crippen molar-refractivity contribution >= 4 is 6.03 Å². The van der Waals surface area contributed by atoms with Gasteiger partial charge in [-0.05, 0) is 30.4 Å². The molecule has 1 aliphatic rings. The van der Waals surface area contributed by atoms with Gasteiger partial charge in [0.05, 0.1) is 12.5 Å². The first-order valence-electron chi connectivity index (χ1n) is 8.86. The normalized spacial score (nSPS) is 20.6. The highest BCUT2D eigenvalue weighted by molar-refractivity contribution is 5.74. The second kappa shape index (κ2) is 9.49. The minimum Gasteiger partial charge on any atom is -0.367 e. The van der Waals surface area contributed by atoms with Gasteiger partial charge in [-0.2, -0.15) is 26.3 Å². The zero-order valence-electron chi connectivity index (χ0n) is 15.0. The summed E-state index contributed by atoms with van der Waals surface area (Å²) < 4.78 is 79.0. The summed E-state index contributed by atoms with van der Waals surface area (Å²) in [5.41, 5.74) is 1.25. The van der Waals surface area contributed by atoms with Crippen molar-refractivity contribution in [2.24, 2.45) is 5.92 Å². The number of carbonyl (C=O) groups excluding carboxylic acids is 1. The van der Waals surface area contributed by atoms with Gasteiger partial charge in [0.15, 0.2) is 0 Å². The number of amides is 2. The van der Waals surface area contributed by atoms with Crippen molar-refractivity contribution in [2.45, 2.75) is 57.2 Å². The zero-order chi connectivity index (χ0) is 20.8. The van der Waals surface area contributed by atoms with E-state index in [4.69, 9.17) is 0 Å². The number of urea groups is 1. The average Bonchev–Trinajstić information content (AvgIpc) is 2.59. The van der Waals surface area contributed by atoms with Gasteiger partial charge in [0.1, 0.15) is 6.61 Å². The molecule has 4 nitrogen and oxygen atoms in total. The Labute approximate surface area is 158 Å². The fraction of sp³-hybridized carbons (Fsp3) is 0.611. The molecule has 1 fully saturated rings. The van der Waals surface area contributed by atoms with Gasteiger partial charge in [-0.15, -0.1) is 0 Å². The van der Waals surface area contributed by atoms with Crippen LogP contribution in [-0.4, -0.2) is 31.0 Å². The third kappa shape index (κ3) is 7.95. The first-order valence-corrected chi connectivity index (χ1v) is 8.86. The lowest BCUT2D eigenvalue weighted by Crippen LogP contribution is -2.45. The molecular weight excluding hydrogens is 390 g/mol. The van der Waals surface area contributed by atoms with Crippen LogP contribution in [0.5, 0.6) is 0 Å². The lowest BCUT2D eigenvalue weighted by atomic mass is 9.85. The smallest absolute Gasteiger partial charge is 0.367 e. The van der Waals surface area contributed by atoms with E-state index in [1.165, 1.54) is 0 Å². The van der Waals surface area contributed by atoms with E-state index in [0.717, 1.165) is 0 Å². The number of carbonyl (C=O) groups is 1. The summed E-state index contributed by atoms with van der Waals surface area (Å²) >= 11 is 0. The van der Waals surface area contributed by atoms with Crippen molar-refractivity contribution < 1.29 is 35.9 Å². The molecule has 0 bridgehead atoms. The summed E-state index contributed by atoms with van der Waals surface area (Å²) in [4.78, 5) is 11.9. The van der Waals surface area contributed by atoms with E-state index >= 15 is 0 Å². The van der Waals surface area contributed by atoms with E-state index in [1.807, 2.05) is 0 Å². The van der Waals surface area contributed by atoms with Crippen molar-refractivity contribution in [3.05, 3.63) is 35.4 Å². The highest BCUT2D eigenvalue weighted by Gasteiger charge is 2.42. The third-order valence-electron chi connectivity index (χ3n) is 4.48. The lowest BCUT2D eigenvalue weighted by molar-refractivity contribution is -0.183. The van der Waals surface area contributed by atoms with Gasteiger partial charge in [-0.1, -0.05) is 30.7 Å². The highest BCUT2D eigenvalue weighted by atomic mass is 19.4. The van der Waals surface area contributed by atoms with Crippen molar-refractivity contribution in [3.63, 3.8) is 0 Å². The van der Waals surface area contributed by atoms with E-state index in [1.54, 1.807) is 24.3 Å². The van der Waals surface area contributed by atoms with Gasteiger partial charge in [0.2, 0.25) is 0 Å². The molecule has 1 saturated carbocycles. The van der Waals surface area contributed by atoms with Crippen LogP contribution < -0.4 is 10.6 Å². The number of nitrogens with one attached hydrogen (secondary N) is 2. The van der Waals surface area contributed by atoms with Crippen LogP contribution in [0.1, 0.15) is 36.8 Å². The molecule has 2 N–H and O–H groups in total. The first-order chi connectivity index (χ1) is 13.0. The maximum atomic E-state index is 12.8. The fourth-order valence-corrected chi connectivity index (χ4v) is 3.07. The maximum Gasteiger partial charge on any atom is 0.411 e. The molecule has 0 spiro atoms. The fourth-order valence-electron chi connectivity index (χ4n) is 3.07. The molecule has 2 amide bonds. The molecule has 1 aliphatic carbocycles. The van der Waals surface area contributed by atoms with Gasteiger partial charge in [-0.25, -0.2) is 4.79 Å². The number of benzene rings is 1. The molecule has 0 radical (unpaired) electrons. The molecular formula is C18H22F6N2O2. The van der Waals surface area contributed by atoms with Crippen LogP contribution in [0.3, 0.4) is 0 Å². The number of alkyl halides is 6. The SMILES string of the molecule is O=C(NCc1ccc(COCC(F)(F)F)cc1)N[C@H]1CCC[C@@H](C(F)(F)F)C1. The van der Waals surface area contributed by atoms with Crippen LogP contribution in [0.2, 0.25) is 0 Å². The van der Waals surface area contributed by atoms with Crippen LogP contribution in [0.4, 0.5) is 31.1 Å². The molecule has 2 atom stereocenters. The molecule has 10 heteroatoms. The molecule has 0 aliphatic heterocycles. The molecule has 158 valence electrons. The highest BCUT2D eigenvalue weighted by Crippen LogP contribution is 2.37. The maximum absolute atomic E-state index is 12.8. The largest absolute Gasteiger partial charge is 0.411 e. The first kappa shape index (κ1) is 22.3. The standard InChI is InChI=1S/C18H22F6N2O2/c19-17(20,21)11-28-10-13-6-4-12(5-7-13)9-25-16(27)26-15-3-1-2-14(8-15)18(22,23)24/h4-7,14-15H,1-3,8-11H2,(H2,25,26,27)/t14-,15+/m1/s1. The average molecular weight is 412 g/mol. The predicted molar refractivity (Wildman–Crippen MR) is 89.3 cm³/mol. The summed E-state index contributed by atoms with van der Waals surface area (Å²) in [5.74, 6) is -1.39. The topological polar surface area (TPSA) is 50.4 Å². The van der Waals surface area contributed by atoms with E-state index in [0.29, 0.717) is 24.0 Å². The van der Waals surface area contributed by atoms with Crippen LogP contribution in [-0.2, 0) is 17.9 Å². The van der Waals surface area contributed by atoms with E-state index < -0.39 is 37.0 Å². The Bertz CT molecular complexity index is 630. The summed E-state index contributed by atoms with van der Waals surface area (Å²) in [5, 5.41) is 5.14. The second-order valence-electron chi connectivity index (χ2n) is 6.85. The number of ether oxygens (including phenoxy) is 1. The molecule has 2 rings (SSSR count). The summed E-state index contributed by atoms with van der Waals surface area (Å²) in [6.07, 6.45) is -7.75. The van der Waals surface area contributed by atoms with Crippen LogP contribution in [0, 0.1) is 5.92 Å². The summed E-state index contributed by atoms with van der Waals surface area (Å²) in [6, 6.07) is 5.36. The summed E-state index contributed by atoms with van der Waals surface area (Å²) in [7, 11) is 0. The van der Waals surface area contributed by atoms with Crippen molar-refractivity contribution in [1.29, 1.82) is 0 Å². The molecule has 0 heterocycles. The van der Waals surface area contributed by atoms with Crippen molar-refractivity contribution in [2.75, 3.05) is 6.61 Å². The Morgan fingerprint density at radius 3 is 2.29 bits per heavy atom. The molecule has 28 heavy (non-hydrogen) atoms. The zero-order valence-corrected chi connectivity index (χ0v) is 15.0. The minimum absolute atomic E-state index is 0.0856. The van der Waals surface area contributed by atoms with Gasteiger partial charge in [-0.3, -0.25) is 0 Å². The third-order valence-corrected chi connectivity index (χ3v) is 4.48. The molecule has 0 unspecified atom stereocenters. The van der Waals surface area contributed by atoms with Gasteiger partial charge in [0, 0.05) is 12.6 Å². The Morgan fingerprint density at radius 2 is 1.68 bits per heavy atom. The minimum atomic E-state index is -4.38. The summed E-state index contributed by atoms with van der Waals surface area (Å²) in [6.45, 7) is -1.37. The number of halogens is 6. The predicted octanol–water partition coefficient (Wildman–Crippen LogP) is 4.69. The Kier molecular flexibility index (Phi) is 7.56. The molecule has 1 aromatic carbocycles. The van der Waals surface area contributed by atoms with E-state index in [-0.39, 0.29) is 26.0 Å². The van der Waals surface area contributed by atoms with Crippen LogP contribution in [0.25, 0.3) is 0 Å². The molecule has 0 aromatic heterocycles. The van der Waals surface area contributed by atoms with E-state index in [9.17, 15) is 31.1 Å².